The van der Waals surface area contributed by atoms with Gasteiger partial charge in [0.15, 0.2) is 0 Å². The third-order valence-corrected chi connectivity index (χ3v) is 4.99. The topological polar surface area (TPSA) is 84.2 Å². The molecule has 0 spiro atoms. The lowest BCUT2D eigenvalue weighted by Gasteiger charge is -2.22. The highest BCUT2D eigenvalue weighted by Crippen LogP contribution is 2.25. The quantitative estimate of drug-likeness (QED) is 0.746. The number of hydrogen-bond donors (Lipinski definition) is 2. The van der Waals surface area contributed by atoms with Gasteiger partial charge in [0.05, 0.1) is 11.2 Å². The number of hydrogen-bond acceptors (Lipinski definition) is 5. The van der Waals surface area contributed by atoms with Crippen molar-refractivity contribution in [2.24, 2.45) is 0 Å². The minimum Gasteiger partial charge on any atom is -0.427 e. The zero-order valence-electron chi connectivity index (χ0n) is 15.1. The van der Waals surface area contributed by atoms with Crippen molar-refractivity contribution in [2.75, 3.05) is 18.4 Å². The third kappa shape index (κ3) is 3.48. The molecule has 1 amide bonds. The van der Waals surface area contributed by atoms with E-state index in [1.54, 1.807) is 19.2 Å². The van der Waals surface area contributed by atoms with Crippen molar-refractivity contribution in [3.63, 3.8) is 0 Å². The molecule has 1 atom stereocenters. The SMILES string of the molecule is Cc1cc(C2CCCNC2)oc(=O)c1C(=O)Nc1cccc2ncccc12. The number of nitrogens with one attached hydrogen (secondary N) is 2. The van der Waals surface area contributed by atoms with Gasteiger partial charge in [0.1, 0.15) is 11.3 Å². The number of aryl methyl sites for hydroxylation is 1. The van der Waals surface area contributed by atoms with Crippen LogP contribution in [0, 0.1) is 6.92 Å². The fourth-order valence-corrected chi connectivity index (χ4v) is 3.60. The summed E-state index contributed by atoms with van der Waals surface area (Å²) < 4.78 is 5.51. The lowest BCUT2D eigenvalue weighted by atomic mass is 9.95. The first kappa shape index (κ1) is 17.4. The van der Waals surface area contributed by atoms with Crippen LogP contribution < -0.4 is 16.3 Å². The third-order valence-electron chi connectivity index (χ3n) is 4.99. The van der Waals surface area contributed by atoms with Crippen LogP contribution in [0.4, 0.5) is 5.69 Å². The van der Waals surface area contributed by atoms with Gasteiger partial charge in [-0.05, 0) is 62.2 Å². The Hall–Kier alpha value is -2.99. The number of fused-ring (bicyclic) bond motifs is 1. The molecule has 1 aliphatic rings. The first-order valence-electron chi connectivity index (χ1n) is 9.14. The van der Waals surface area contributed by atoms with Crippen LogP contribution in [0.1, 0.15) is 40.4 Å². The lowest BCUT2D eigenvalue weighted by Crippen LogP contribution is -2.30. The molecule has 2 aromatic heterocycles. The van der Waals surface area contributed by atoms with Gasteiger partial charge in [-0.2, -0.15) is 0 Å². The predicted octanol–water partition coefficient (Wildman–Crippen LogP) is 3.22. The van der Waals surface area contributed by atoms with Crippen LogP contribution in [-0.4, -0.2) is 24.0 Å². The zero-order valence-corrected chi connectivity index (χ0v) is 15.1. The van der Waals surface area contributed by atoms with Gasteiger partial charge in [0.2, 0.25) is 0 Å². The second-order valence-corrected chi connectivity index (χ2v) is 6.87. The predicted molar refractivity (Wildman–Crippen MR) is 104 cm³/mol. The standard InChI is InChI=1S/C21H21N3O3/c1-13-11-18(14-5-3-9-22-12-14)27-21(26)19(13)20(25)24-17-8-2-7-16-15(17)6-4-10-23-16/h2,4,6-8,10-11,14,22H,3,5,9,12H2,1H3,(H,24,25). The van der Waals surface area contributed by atoms with Crippen molar-refractivity contribution in [3.8, 4) is 0 Å². The molecule has 1 fully saturated rings. The number of anilines is 1. The number of aromatic nitrogens is 1. The summed E-state index contributed by atoms with van der Waals surface area (Å²) in [7, 11) is 0. The van der Waals surface area contributed by atoms with Gasteiger partial charge in [0.25, 0.3) is 5.91 Å². The van der Waals surface area contributed by atoms with Crippen molar-refractivity contribution < 1.29 is 9.21 Å². The number of nitrogens with zero attached hydrogens (tertiary/aromatic N) is 1. The molecule has 3 heterocycles. The van der Waals surface area contributed by atoms with Crippen LogP contribution in [0.5, 0.6) is 0 Å². The summed E-state index contributed by atoms with van der Waals surface area (Å²) in [6.07, 6.45) is 3.72. The van der Waals surface area contributed by atoms with Gasteiger partial charge >= 0.3 is 5.63 Å². The van der Waals surface area contributed by atoms with E-state index in [2.05, 4.69) is 15.6 Å². The Morgan fingerprint density at radius 2 is 2.19 bits per heavy atom. The van der Waals surface area contributed by atoms with Crippen molar-refractivity contribution in [3.05, 3.63) is 69.9 Å². The molecular formula is C21H21N3O3. The zero-order chi connectivity index (χ0) is 18.8. The molecular weight excluding hydrogens is 342 g/mol. The summed E-state index contributed by atoms with van der Waals surface area (Å²) >= 11 is 0. The van der Waals surface area contributed by atoms with Crippen LogP contribution in [-0.2, 0) is 0 Å². The fourth-order valence-electron chi connectivity index (χ4n) is 3.60. The minimum atomic E-state index is -0.591. The molecule has 6 nitrogen and oxygen atoms in total. The largest absolute Gasteiger partial charge is 0.427 e. The number of rotatable bonds is 3. The van der Waals surface area contributed by atoms with E-state index >= 15 is 0 Å². The number of carbonyl (C=O) groups excluding carboxylic acids is 1. The molecule has 1 saturated heterocycles. The molecule has 138 valence electrons. The second-order valence-electron chi connectivity index (χ2n) is 6.87. The molecule has 1 aliphatic heterocycles. The molecule has 2 N–H and O–H groups in total. The fraction of sp³-hybridized carbons (Fsp3) is 0.286. The van der Waals surface area contributed by atoms with Crippen molar-refractivity contribution >= 4 is 22.5 Å². The van der Waals surface area contributed by atoms with Gasteiger partial charge in [0, 0.05) is 24.0 Å². The Kier molecular flexibility index (Phi) is 4.73. The number of amides is 1. The molecule has 0 radical (unpaired) electrons. The first-order valence-corrected chi connectivity index (χ1v) is 9.14. The van der Waals surface area contributed by atoms with Crippen molar-refractivity contribution in [2.45, 2.75) is 25.7 Å². The van der Waals surface area contributed by atoms with Gasteiger partial charge in [-0.3, -0.25) is 9.78 Å². The Labute approximate surface area is 156 Å². The van der Waals surface area contributed by atoms with E-state index < -0.39 is 11.5 Å². The molecule has 1 unspecified atom stereocenters. The summed E-state index contributed by atoms with van der Waals surface area (Å²) in [5.41, 5.74) is 1.47. The molecule has 4 rings (SSSR count). The molecule has 6 heteroatoms. The molecule has 1 aromatic carbocycles. The molecule has 3 aromatic rings. The van der Waals surface area contributed by atoms with E-state index in [4.69, 9.17) is 4.42 Å². The Balaban J connectivity index is 1.64. The Bertz CT molecular complexity index is 1050. The average Bonchev–Trinajstić information content (AvgIpc) is 2.68. The first-order chi connectivity index (χ1) is 13.1. The minimum absolute atomic E-state index is 0.0448. The Morgan fingerprint density at radius 1 is 1.30 bits per heavy atom. The maximum absolute atomic E-state index is 12.8. The highest BCUT2D eigenvalue weighted by atomic mass is 16.4. The Morgan fingerprint density at radius 3 is 2.96 bits per heavy atom. The summed E-state index contributed by atoms with van der Waals surface area (Å²) in [6.45, 7) is 3.55. The van der Waals surface area contributed by atoms with Gasteiger partial charge in [-0.1, -0.05) is 6.07 Å². The van der Waals surface area contributed by atoms with Crippen molar-refractivity contribution in [1.29, 1.82) is 0 Å². The maximum Gasteiger partial charge on any atom is 0.349 e. The summed E-state index contributed by atoms with van der Waals surface area (Å²) in [5.74, 6) is 0.355. The van der Waals surface area contributed by atoms with Crippen molar-refractivity contribution in [1.82, 2.24) is 10.3 Å². The normalized spacial score (nSPS) is 17.0. The van der Waals surface area contributed by atoms with E-state index in [0.29, 0.717) is 17.0 Å². The van der Waals surface area contributed by atoms with Crippen LogP contribution in [0.15, 0.2) is 51.8 Å². The van der Waals surface area contributed by atoms with Crippen LogP contribution in [0.2, 0.25) is 0 Å². The summed E-state index contributed by atoms with van der Waals surface area (Å²) in [4.78, 5) is 29.6. The highest BCUT2D eigenvalue weighted by Gasteiger charge is 2.22. The summed E-state index contributed by atoms with van der Waals surface area (Å²) in [5, 5.41) is 6.96. The molecule has 27 heavy (non-hydrogen) atoms. The smallest absolute Gasteiger partial charge is 0.349 e. The monoisotopic (exact) mass is 363 g/mol. The van der Waals surface area contributed by atoms with Crippen LogP contribution in [0.25, 0.3) is 10.9 Å². The molecule has 0 bridgehead atoms. The number of carbonyl (C=O) groups is 1. The number of benzene rings is 1. The van der Waals surface area contributed by atoms with E-state index in [1.165, 1.54) is 0 Å². The maximum atomic E-state index is 12.8. The number of piperidine rings is 1. The second kappa shape index (κ2) is 7.32. The van der Waals surface area contributed by atoms with Gasteiger partial charge in [-0.25, -0.2) is 4.79 Å². The van der Waals surface area contributed by atoms with E-state index in [1.807, 2.05) is 30.3 Å². The molecule has 0 aliphatic carbocycles. The van der Waals surface area contributed by atoms with E-state index in [-0.39, 0.29) is 11.5 Å². The molecule has 0 saturated carbocycles. The van der Waals surface area contributed by atoms with Crippen LogP contribution >= 0.6 is 0 Å². The number of pyridine rings is 1. The van der Waals surface area contributed by atoms with E-state index in [0.717, 1.165) is 36.8 Å². The lowest BCUT2D eigenvalue weighted by molar-refractivity contribution is 0.102. The van der Waals surface area contributed by atoms with Crippen LogP contribution in [0.3, 0.4) is 0 Å². The average molecular weight is 363 g/mol. The van der Waals surface area contributed by atoms with E-state index in [9.17, 15) is 9.59 Å². The highest BCUT2D eigenvalue weighted by molar-refractivity contribution is 6.09. The van der Waals surface area contributed by atoms with Gasteiger partial charge < -0.3 is 15.1 Å². The summed E-state index contributed by atoms with van der Waals surface area (Å²) in [6, 6.07) is 11.0. The van der Waals surface area contributed by atoms with Gasteiger partial charge in [-0.15, -0.1) is 0 Å².